The molecule has 5 nitrogen and oxygen atoms in total. The van der Waals surface area contributed by atoms with Gasteiger partial charge in [0.05, 0.1) is 6.54 Å². The van der Waals surface area contributed by atoms with Crippen LogP contribution in [0.1, 0.15) is 22.8 Å². The van der Waals surface area contributed by atoms with E-state index < -0.39 is 0 Å². The number of piperazine rings is 1. The Morgan fingerprint density at radius 3 is 2.26 bits per heavy atom. The van der Waals surface area contributed by atoms with Crippen molar-refractivity contribution in [3.63, 3.8) is 0 Å². The van der Waals surface area contributed by atoms with Crippen LogP contribution in [-0.2, 0) is 19.5 Å². The first-order valence-corrected chi connectivity index (χ1v) is 9.30. The number of rotatable bonds is 6. The van der Waals surface area contributed by atoms with Crippen LogP contribution in [0, 0.1) is 5.82 Å². The van der Waals surface area contributed by atoms with Gasteiger partial charge in [-0.15, -0.1) is 0 Å². The molecule has 1 aliphatic heterocycles. The molecule has 3 aromatic rings. The van der Waals surface area contributed by atoms with Gasteiger partial charge in [0.1, 0.15) is 5.82 Å². The zero-order valence-electron chi connectivity index (χ0n) is 15.2. The molecular weight excluding hydrogens is 343 g/mol. The zero-order valence-corrected chi connectivity index (χ0v) is 15.2. The number of hydrogen-bond acceptors (Lipinski definition) is 5. The van der Waals surface area contributed by atoms with Crippen LogP contribution in [0.4, 0.5) is 4.39 Å². The van der Waals surface area contributed by atoms with E-state index in [0.717, 1.165) is 32.7 Å². The van der Waals surface area contributed by atoms with Crippen molar-refractivity contribution in [3.8, 4) is 0 Å². The Bertz CT molecular complexity index is 859. The number of benzene rings is 2. The van der Waals surface area contributed by atoms with Crippen LogP contribution in [0.3, 0.4) is 0 Å². The summed E-state index contributed by atoms with van der Waals surface area (Å²) in [5.41, 5.74) is 1.93. The van der Waals surface area contributed by atoms with E-state index in [0.29, 0.717) is 30.2 Å². The Balaban J connectivity index is 1.27. The standard InChI is InChI=1S/C21H23FN4O/c22-19-9-5-4-8-18(19)14-20-23-21(27-24-20)16-26-12-10-25(11-13-26)15-17-6-2-1-3-7-17/h1-9H,10-16H2. The van der Waals surface area contributed by atoms with Crippen molar-refractivity contribution in [1.29, 1.82) is 0 Å². The van der Waals surface area contributed by atoms with Gasteiger partial charge in [-0.05, 0) is 17.2 Å². The van der Waals surface area contributed by atoms with Crippen molar-refractivity contribution in [3.05, 3.63) is 83.3 Å². The molecule has 0 saturated carbocycles. The van der Waals surface area contributed by atoms with Crippen LogP contribution in [0.5, 0.6) is 0 Å². The van der Waals surface area contributed by atoms with Gasteiger partial charge in [0, 0.05) is 39.1 Å². The Labute approximate surface area is 158 Å². The maximum atomic E-state index is 13.7. The van der Waals surface area contributed by atoms with E-state index in [1.54, 1.807) is 12.1 Å². The third-order valence-electron chi connectivity index (χ3n) is 4.89. The van der Waals surface area contributed by atoms with Crippen molar-refractivity contribution in [2.24, 2.45) is 0 Å². The summed E-state index contributed by atoms with van der Waals surface area (Å²) >= 11 is 0. The van der Waals surface area contributed by atoms with E-state index in [9.17, 15) is 4.39 Å². The highest BCUT2D eigenvalue weighted by Gasteiger charge is 2.19. The third-order valence-corrected chi connectivity index (χ3v) is 4.89. The summed E-state index contributed by atoms with van der Waals surface area (Å²) in [6.07, 6.45) is 0.348. The van der Waals surface area contributed by atoms with Crippen LogP contribution in [0.2, 0.25) is 0 Å². The Morgan fingerprint density at radius 1 is 0.852 bits per heavy atom. The van der Waals surface area contributed by atoms with E-state index in [1.807, 2.05) is 12.1 Å². The summed E-state index contributed by atoms with van der Waals surface area (Å²) in [5.74, 6) is 0.883. The summed E-state index contributed by atoms with van der Waals surface area (Å²) in [4.78, 5) is 9.21. The molecule has 0 aliphatic carbocycles. The second kappa shape index (κ2) is 8.41. The first kappa shape index (κ1) is 17.8. The van der Waals surface area contributed by atoms with E-state index in [2.05, 4.69) is 44.2 Å². The van der Waals surface area contributed by atoms with Crippen molar-refractivity contribution in [2.75, 3.05) is 26.2 Å². The van der Waals surface area contributed by atoms with Gasteiger partial charge in [-0.3, -0.25) is 9.80 Å². The van der Waals surface area contributed by atoms with Gasteiger partial charge in [0.25, 0.3) is 0 Å². The maximum Gasteiger partial charge on any atom is 0.240 e. The van der Waals surface area contributed by atoms with Crippen LogP contribution in [-0.4, -0.2) is 46.1 Å². The molecule has 27 heavy (non-hydrogen) atoms. The van der Waals surface area contributed by atoms with Crippen molar-refractivity contribution < 1.29 is 8.91 Å². The minimum atomic E-state index is -0.238. The lowest BCUT2D eigenvalue weighted by atomic mass is 10.1. The molecule has 1 saturated heterocycles. The van der Waals surface area contributed by atoms with Crippen LogP contribution in [0.15, 0.2) is 59.1 Å². The fourth-order valence-corrected chi connectivity index (χ4v) is 3.38. The normalized spacial score (nSPS) is 15.9. The molecule has 140 valence electrons. The second-order valence-electron chi connectivity index (χ2n) is 6.91. The molecule has 0 atom stereocenters. The lowest BCUT2D eigenvalue weighted by Gasteiger charge is -2.33. The molecule has 0 radical (unpaired) electrons. The summed E-state index contributed by atoms with van der Waals surface area (Å²) in [5, 5.41) is 4.00. The molecule has 6 heteroatoms. The molecule has 0 bridgehead atoms. The Morgan fingerprint density at radius 2 is 1.52 bits per heavy atom. The molecule has 1 aromatic heterocycles. The second-order valence-corrected chi connectivity index (χ2v) is 6.91. The molecule has 2 heterocycles. The van der Waals surface area contributed by atoms with Crippen molar-refractivity contribution >= 4 is 0 Å². The van der Waals surface area contributed by atoms with E-state index in [4.69, 9.17) is 4.52 Å². The van der Waals surface area contributed by atoms with Gasteiger partial charge in [-0.25, -0.2) is 4.39 Å². The van der Waals surface area contributed by atoms with Gasteiger partial charge in [-0.2, -0.15) is 4.98 Å². The Kier molecular flexibility index (Phi) is 5.55. The lowest BCUT2D eigenvalue weighted by molar-refractivity contribution is 0.112. The molecule has 0 unspecified atom stereocenters. The fraction of sp³-hybridized carbons (Fsp3) is 0.333. The topological polar surface area (TPSA) is 45.4 Å². The lowest BCUT2D eigenvalue weighted by Crippen LogP contribution is -2.45. The van der Waals surface area contributed by atoms with Crippen molar-refractivity contribution in [1.82, 2.24) is 19.9 Å². The maximum absolute atomic E-state index is 13.7. The number of aromatic nitrogens is 2. The summed E-state index contributed by atoms with van der Waals surface area (Å²) in [6, 6.07) is 17.2. The minimum Gasteiger partial charge on any atom is -0.338 e. The quantitative estimate of drug-likeness (QED) is 0.671. The Hall–Kier alpha value is -2.57. The number of halogens is 1. The fourth-order valence-electron chi connectivity index (χ4n) is 3.38. The van der Waals surface area contributed by atoms with Gasteiger partial charge in [0.2, 0.25) is 5.89 Å². The summed E-state index contributed by atoms with van der Waals surface area (Å²) in [7, 11) is 0. The van der Waals surface area contributed by atoms with Gasteiger partial charge >= 0.3 is 0 Å². The summed E-state index contributed by atoms with van der Waals surface area (Å²) in [6.45, 7) is 5.61. The smallest absolute Gasteiger partial charge is 0.240 e. The van der Waals surface area contributed by atoms with E-state index in [1.165, 1.54) is 11.6 Å². The van der Waals surface area contributed by atoms with Crippen LogP contribution in [0.25, 0.3) is 0 Å². The molecular formula is C21H23FN4O. The average molecular weight is 366 g/mol. The van der Waals surface area contributed by atoms with Crippen LogP contribution >= 0.6 is 0 Å². The minimum absolute atomic E-state index is 0.238. The first-order chi connectivity index (χ1) is 13.3. The SMILES string of the molecule is Fc1ccccc1Cc1noc(CN2CCN(Cc3ccccc3)CC2)n1. The first-order valence-electron chi connectivity index (χ1n) is 9.30. The zero-order chi connectivity index (χ0) is 18.5. The molecule has 1 aliphatic rings. The molecule has 1 fully saturated rings. The molecule has 2 aromatic carbocycles. The predicted octanol–water partition coefficient (Wildman–Crippen LogP) is 3.12. The average Bonchev–Trinajstić information content (AvgIpc) is 3.13. The third kappa shape index (κ3) is 4.78. The summed E-state index contributed by atoms with van der Waals surface area (Å²) < 4.78 is 19.1. The van der Waals surface area contributed by atoms with Crippen molar-refractivity contribution in [2.45, 2.75) is 19.5 Å². The highest BCUT2D eigenvalue weighted by atomic mass is 19.1. The van der Waals surface area contributed by atoms with Gasteiger partial charge in [0.15, 0.2) is 5.82 Å². The van der Waals surface area contributed by atoms with Gasteiger partial charge < -0.3 is 4.52 Å². The monoisotopic (exact) mass is 366 g/mol. The largest absolute Gasteiger partial charge is 0.338 e. The van der Waals surface area contributed by atoms with E-state index >= 15 is 0 Å². The molecule has 0 spiro atoms. The molecule has 4 rings (SSSR count). The molecule has 0 N–H and O–H groups in total. The highest BCUT2D eigenvalue weighted by molar-refractivity contribution is 5.20. The van der Waals surface area contributed by atoms with Gasteiger partial charge in [-0.1, -0.05) is 53.7 Å². The predicted molar refractivity (Wildman–Crippen MR) is 101 cm³/mol. The number of nitrogens with zero attached hydrogens (tertiary/aromatic N) is 4. The number of hydrogen-bond donors (Lipinski definition) is 0. The highest BCUT2D eigenvalue weighted by Crippen LogP contribution is 2.13. The van der Waals surface area contributed by atoms with Crippen LogP contribution < -0.4 is 0 Å². The molecule has 0 amide bonds. The van der Waals surface area contributed by atoms with E-state index in [-0.39, 0.29) is 5.82 Å².